The summed E-state index contributed by atoms with van der Waals surface area (Å²) < 4.78 is 0. The summed E-state index contributed by atoms with van der Waals surface area (Å²) in [6.45, 7) is 5.89. The van der Waals surface area contributed by atoms with Crippen LogP contribution in [0, 0.1) is 12.8 Å². The van der Waals surface area contributed by atoms with Crippen LogP contribution >= 0.6 is 0 Å². The number of hydrogen-bond donors (Lipinski definition) is 2. The third-order valence-electron chi connectivity index (χ3n) is 2.01. The van der Waals surface area contributed by atoms with Gasteiger partial charge in [0.15, 0.2) is 0 Å². The van der Waals surface area contributed by atoms with Crippen molar-refractivity contribution in [1.29, 1.82) is 0 Å². The van der Waals surface area contributed by atoms with Crippen LogP contribution in [-0.2, 0) is 4.79 Å². The van der Waals surface area contributed by atoms with Crippen LogP contribution in [0.2, 0.25) is 0 Å². The summed E-state index contributed by atoms with van der Waals surface area (Å²) in [6.07, 6.45) is 2.06. The fraction of sp³-hybridized carbons (Fsp3) is 0.455. The van der Waals surface area contributed by atoms with Crippen LogP contribution in [0.4, 0.5) is 11.5 Å². The summed E-state index contributed by atoms with van der Waals surface area (Å²) >= 11 is 0. The molecule has 15 heavy (non-hydrogen) atoms. The molecule has 1 heterocycles. The van der Waals surface area contributed by atoms with Crippen LogP contribution in [0.25, 0.3) is 0 Å². The number of nitrogens with zero attached hydrogens (tertiary/aromatic N) is 1. The van der Waals surface area contributed by atoms with E-state index in [1.54, 1.807) is 12.3 Å². The molecule has 1 aromatic rings. The molecule has 1 amide bonds. The topological polar surface area (TPSA) is 68.0 Å². The second kappa shape index (κ2) is 4.77. The largest absolute Gasteiger partial charge is 0.397 e. The summed E-state index contributed by atoms with van der Waals surface area (Å²) in [5.41, 5.74) is 7.18. The lowest BCUT2D eigenvalue weighted by Crippen LogP contribution is -2.15. The number of aromatic nitrogens is 1. The first-order valence-electron chi connectivity index (χ1n) is 5.01. The van der Waals surface area contributed by atoms with E-state index in [4.69, 9.17) is 5.73 Å². The van der Waals surface area contributed by atoms with Crippen LogP contribution in [-0.4, -0.2) is 10.9 Å². The van der Waals surface area contributed by atoms with Gasteiger partial charge in [0.1, 0.15) is 5.82 Å². The minimum absolute atomic E-state index is 0.0123. The van der Waals surface area contributed by atoms with Crippen LogP contribution < -0.4 is 11.1 Å². The summed E-state index contributed by atoms with van der Waals surface area (Å²) in [5, 5.41) is 2.74. The lowest BCUT2D eigenvalue weighted by atomic mass is 10.1. The van der Waals surface area contributed by atoms with Gasteiger partial charge in [0, 0.05) is 6.42 Å². The van der Waals surface area contributed by atoms with Crippen molar-refractivity contribution in [3.63, 3.8) is 0 Å². The Labute approximate surface area is 89.9 Å². The minimum Gasteiger partial charge on any atom is -0.397 e. The Morgan fingerprint density at radius 3 is 2.80 bits per heavy atom. The highest BCUT2D eigenvalue weighted by molar-refractivity contribution is 5.90. The third-order valence-corrected chi connectivity index (χ3v) is 2.01. The number of nitrogens with two attached hydrogens (primary N) is 1. The average Bonchev–Trinajstić information content (AvgIpc) is 2.10. The van der Waals surface area contributed by atoms with Gasteiger partial charge in [-0.25, -0.2) is 4.98 Å². The summed E-state index contributed by atoms with van der Waals surface area (Å²) in [5.74, 6) is 0.897. The number of carbonyl (C=O) groups is 1. The van der Waals surface area contributed by atoms with Gasteiger partial charge in [0.2, 0.25) is 5.91 Å². The lowest BCUT2D eigenvalue weighted by molar-refractivity contribution is -0.116. The molecule has 0 atom stereocenters. The van der Waals surface area contributed by atoms with Crippen molar-refractivity contribution in [2.75, 3.05) is 11.1 Å². The predicted octanol–water partition coefficient (Wildman–Crippen LogP) is 1.96. The zero-order chi connectivity index (χ0) is 11.4. The molecule has 82 valence electrons. The molecule has 1 rings (SSSR count). The van der Waals surface area contributed by atoms with Gasteiger partial charge < -0.3 is 11.1 Å². The third kappa shape index (κ3) is 3.58. The molecule has 0 aromatic carbocycles. The first-order chi connectivity index (χ1) is 6.99. The first-order valence-corrected chi connectivity index (χ1v) is 5.01. The molecule has 1 aromatic heterocycles. The number of pyridine rings is 1. The molecule has 0 saturated carbocycles. The van der Waals surface area contributed by atoms with E-state index in [0.717, 1.165) is 5.56 Å². The lowest BCUT2D eigenvalue weighted by Gasteiger charge is -2.07. The van der Waals surface area contributed by atoms with Crippen molar-refractivity contribution in [2.24, 2.45) is 5.92 Å². The molecular formula is C11H17N3O. The van der Waals surface area contributed by atoms with Gasteiger partial charge in [0.25, 0.3) is 0 Å². The van der Waals surface area contributed by atoms with E-state index in [0.29, 0.717) is 23.8 Å². The minimum atomic E-state index is -0.0123. The molecule has 0 aliphatic rings. The summed E-state index contributed by atoms with van der Waals surface area (Å²) in [7, 11) is 0. The highest BCUT2D eigenvalue weighted by Crippen LogP contribution is 2.13. The molecule has 0 aliphatic heterocycles. The zero-order valence-electron chi connectivity index (χ0n) is 9.37. The predicted molar refractivity (Wildman–Crippen MR) is 61.5 cm³/mol. The molecule has 4 nitrogen and oxygen atoms in total. The molecule has 4 heteroatoms. The Morgan fingerprint density at radius 2 is 2.27 bits per heavy atom. The van der Waals surface area contributed by atoms with Crippen molar-refractivity contribution in [3.05, 3.63) is 17.8 Å². The fourth-order valence-corrected chi connectivity index (χ4v) is 1.20. The smallest absolute Gasteiger partial charge is 0.225 e. The fourth-order valence-electron chi connectivity index (χ4n) is 1.20. The van der Waals surface area contributed by atoms with E-state index in [-0.39, 0.29) is 5.91 Å². The zero-order valence-corrected chi connectivity index (χ0v) is 9.37. The van der Waals surface area contributed by atoms with Crippen LogP contribution in [0.5, 0.6) is 0 Å². The molecule has 0 bridgehead atoms. The van der Waals surface area contributed by atoms with Crippen LogP contribution in [0.15, 0.2) is 12.3 Å². The van der Waals surface area contributed by atoms with Gasteiger partial charge in [0.05, 0.1) is 11.9 Å². The van der Waals surface area contributed by atoms with Gasteiger partial charge in [-0.1, -0.05) is 13.8 Å². The van der Waals surface area contributed by atoms with E-state index in [2.05, 4.69) is 10.3 Å². The van der Waals surface area contributed by atoms with Gasteiger partial charge in [-0.3, -0.25) is 4.79 Å². The molecule has 0 fully saturated rings. The number of carbonyl (C=O) groups excluding carboxylic acids is 1. The molecule has 0 saturated heterocycles. The van der Waals surface area contributed by atoms with Gasteiger partial charge in [-0.2, -0.15) is 0 Å². The number of amides is 1. The Morgan fingerprint density at radius 1 is 1.60 bits per heavy atom. The van der Waals surface area contributed by atoms with Gasteiger partial charge in [-0.15, -0.1) is 0 Å². The van der Waals surface area contributed by atoms with Crippen molar-refractivity contribution in [3.8, 4) is 0 Å². The number of anilines is 2. The Bertz CT molecular complexity index is 361. The van der Waals surface area contributed by atoms with Gasteiger partial charge >= 0.3 is 0 Å². The van der Waals surface area contributed by atoms with Crippen molar-refractivity contribution in [2.45, 2.75) is 27.2 Å². The van der Waals surface area contributed by atoms with E-state index >= 15 is 0 Å². The quantitative estimate of drug-likeness (QED) is 0.796. The van der Waals surface area contributed by atoms with E-state index in [1.807, 2.05) is 20.8 Å². The van der Waals surface area contributed by atoms with E-state index in [9.17, 15) is 4.79 Å². The van der Waals surface area contributed by atoms with Crippen LogP contribution in [0.1, 0.15) is 25.8 Å². The van der Waals surface area contributed by atoms with Crippen molar-refractivity contribution < 1.29 is 4.79 Å². The maximum atomic E-state index is 11.4. The van der Waals surface area contributed by atoms with E-state index < -0.39 is 0 Å². The monoisotopic (exact) mass is 207 g/mol. The molecule has 0 aliphatic carbocycles. The van der Waals surface area contributed by atoms with Crippen molar-refractivity contribution in [1.82, 2.24) is 4.98 Å². The summed E-state index contributed by atoms with van der Waals surface area (Å²) in [4.78, 5) is 15.5. The molecule has 0 spiro atoms. The highest BCUT2D eigenvalue weighted by atomic mass is 16.1. The normalized spacial score (nSPS) is 10.4. The number of aryl methyl sites for hydroxylation is 1. The molecule has 0 unspecified atom stereocenters. The summed E-state index contributed by atoms with van der Waals surface area (Å²) in [6, 6.07) is 1.77. The van der Waals surface area contributed by atoms with Crippen molar-refractivity contribution >= 4 is 17.4 Å². The highest BCUT2D eigenvalue weighted by Gasteiger charge is 2.06. The van der Waals surface area contributed by atoms with E-state index in [1.165, 1.54) is 0 Å². The van der Waals surface area contributed by atoms with Crippen LogP contribution in [0.3, 0.4) is 0 Å². The maximum absolute atomic E-state index is 11.4. The number of nitrogen functional groups attached to an aromatic ring is 1. The Kier molecular flexibility index (Phi) is 3.66. The number of nitrogens with one attached hydrogen (secondary N) is 1. The Hall–Kier alpha value is -1.58. The standard InChI is InChI=1S/C11H17N3O/c1-7(2)4-11(15)14-10-5-8(3)9(12)6-13-10/h5-7H,4,12H2,1-3H3,(H,13,14,15). The first kappa shape index (κ1) is 11.5. The Balaban J connectivity index is 2.65. The second-order valence-electron chi connectivity index (χ2n) is 4.07. The average molecular weight is 207 g/mol. The second-order valence-corrected chi connectivity index (χ2v) is 4.07. The maximum Gasteiger partial charge on any atom is 0.225 e. The van der Waals surface area contributed by atoms with Gasteiger partial charge in [-0.05, 0) is 24.5 Å². The number of rotatable bonds is 3. The molecule has 0 radical (unpaired) electrons. The SMILES string of the molecule is Cc1cc(NC(=O)CC(C)C)ncc1N. The molecular weight excluding hydrogens is 190 g/mol. The number of hydrogen-bond acceptors (Lipinski definition) is 3. The molecule has 3 N–H and O–H groups in total.